The molecule has 128 valence electrons. The number of aryl methyl sites for hydroxylation is 1. The molecule has 2 fully saturated rings. The summed E-state index contributed by atoms with van der Waals surface area (Å²) in [5, 5.41) is 0.614. The molecule has 2 atom stereocenters. The molecule has 2 unspecified atom stereocenters. The van der Waals surface area contributed by atoms with Crippen LogP contribution in [-0.4, -0.2) is 41.1 Å². The van der Waals surface area contributed by atoms with E-state index in [1.54, 1.807) is 6.07 Å². The van der Waals surface area contributed by atoms with Crippen LogP contribution in [0.4, 0.5) is 4.39 Å². The Kier molecular flexibility index (Phi) is 4.27. The van der Waals surface area contributed by atoms with Crippen molar-refractivity contribution in [3.63, 3.8) is 0 Å². The smallest absolute Gasteiger partial charge is 0.223 e. The number of halogens is 1. The first-order valence-corrected chi connectivity index (χ1v) is 8.89. The summed E-state index contributed by atoms with van der Waals surface area (Å²) < 4.78 is 19.9. The normalized spacial score (nSPS) is 24.1. The Morgan fingerprint density at radius 2 is 2.21 bits per heavy atom. The highest BCUT2D eigenvalue weighted by molar-refractivity contribution is 5.85. The first-order valence-electron chi connectivity index (χ1n) is 8.89. The maximum absolute atomic E-state index is 14.0. The van der Waals surface area contributed by atoms with Crippen LogP contribution in [0.15, 0.2) is 24.4 Å². The standard InChI is InChI=1S/C19H23FN2O2/c20-14-4-3-5-15-19(14)13(12-21-15)8-9-18(23)22-10-11-24-17-7-2-1-6-16(17)22/h3-5,12,16-17,21H,1-2,6-11H2. The van der Waals surface area contributed by atoms with Crippen molar-refractivity contribution in [3.8, 4) is 0 Å². The molecule has 5 heteroatoms. The second-order valence-corrected chi connectivity index (χ2v) is 6.82. The number of H-pyrrole nitrogens is 1. The number of amides is 1. The molecule has 1 saturated heterocycles. The van der Waals surface area contributed by atoms with Gasteiger partial charge in [0.25, 0.3) is 0 Å². The minimum Gasteiger partial charge on any atom is -0.374 e. The summed E-state index contributed by atoms with van der Waals surface area (Å²) in [5.41, 5.74) is 1.67. The van der Waals surface area contributed by atoms with Crippen molar-refractivity contribution in [2.75, 3.05) is 13.2 Å². The van der Waals surface area contributed by atoms with Crippen molar-refractivity contribution in [1.29, 1.82) is 0 Å². The third-order valence-corrected chi connectivity index (χ3v) is 5.40. The van der Waals surface area contributed by atoms with Crippen molar-refractivity contribution < 1.29 is 13.9 Å². The summed E-state index contributed by atoms with van der Waals surface area (Å²) in [6.07, 6.45) is 7.48. The molecule has 1 N–H and O–H groups in total. The number of aromatic amines is 1. The number of hydrogen-bond donors (Lipinski definition) is 1. The van der Waals surface area contributed by atoms with Gasteiger partial charge in [-0.15, -0.1) is 0 Å². The lowest BCUT2D eigenvalue weighted by atomic mass is 9.90. The minimum absolute atomic E-state index is 0.167. The summed E-state index contributed by atoms with van der Waals surface area (Å²) in [4.78, 5) is 17.8. The summed E-state index contributed by atoms with van der Waals surface area (Å²) in [7, 11) is 0. The van der Waals surface area contributed by atoms with E-state index < -0.39 is 0 Å². The zero-order valence-corrected chi connectivity index (χ0v) is 13.8. The van der Waals surface area contributed by atoms with Gasteiger partial charge in [0.1, 0.15) is 5.82 Å². The maximum Gasteiger partial charge on any atom is 0.223 e. The van der Waals surface area contributed by atoms with Crippen LogP contribution >= 0.6 is 0 Å². The molecule has 1 amide bonds. The second kappa shape index (κ2) is 6.55. The van der Waals surface area contributed by atoms with E-state index in [9.17, 15) is 9.18 Å². The molecule has 1 aliphatic heterocycles. The number of benzene rings is 1. The number of carbonyl (C=O) groups excluding carboxylic acids is 1. The van der Waals surface area contributed by atoms with Gasteiger partial charge in [-0.05, 0) is 37.0 Å². The van der Waals surface area contributed by atoms with Gasteiger partial charge in [-0.25, -0.2) is 4.39 Å². The molecule has 2 heterocycles. The highest BCUT2D eigenvalue weighted by atomic mass is 19.1. The molecule has 0 spiro atoms. The zero-order chi connectivity index (χ0) is 16.5. The van der Waals surface area contributed by atoms with E-state index in [4.69, 9.17) is 4.74 Å². The highest BCUT2D eigenvalue weighted by Gasteiger charge is 2.36. The number of morpholine rings is 1. The molecular weight excluding hydrogens is 307 g/mol. The van der Waals surface area contributed by atoms with Crippen molar-refractivity contribution in [1.82, 2.24) is 9.88 Å². The quantitative estimate of drug-likeness (QED) is 0.937. The molecule has 4 nitrogen and oxygen atoms in total. The fourth-order valence-corrected chi connectivity index (χ4v) is 4.20. The Hall–Kier alpha value is -1.88. The van der Waals surface area contributed by atoms with Gasteiger partial charge in [-0.1, -0.05) is 18.9 Å². The lowest BCUT2D eigenvalue weighted by Gasteiger charge is -2.43. The summed E-state index contributed by atoms with van der Waals surface area (Å²) >= 11 is 0. The van der Waals surface area contributed by atoms with Crippen molar-refractivity contribution in [2.45, 2.75) is 50.7 Å². The van der Waals surface area contributed by atoms with Crippen molar-refractivity contribution >= 4 is 16.8 Å². The number of carbonyl (C=O) groups is 1. The van der Waals surface area contributed by atoms with E-state index in [0.717, 1.165) is 23.9 Å². The van der Waals surface area contributed by atoms with Crippen LogP contribution in [-0.2, 0) is 16.0 Å². The van der Waals surface area contributed by atoms with Gasteiger partial charge in [0, 0.05) is 30.1 Å². The van der Waals surface area contributed by atoms with Gasteiger partial charge in [0.15, 0.2) is 0 Å². The van der Waals surface area contributed by atoms with Gasteiger partial charge >= 0.3 is 0 Å². The lowest BCUT2D eigenvalue weighted by Crippen LogP contribution is -2.54. The number of nitrogens with zero attached hydrogens (tertiary/aromatic N) is 1. The lowest BCUT2D eigenvalue weighted by molar-refractivity contribution is -0.149. The monoisotopic (exact) mass is 330 g/mol. The second-order valence-electron chi connectivity index (χ2n) is 6.82. The summed E-state index contributed by atoms with van der Waals surface area (Å²) in [6, 6.07) is 5.26. The van der Waals surface area contributed by atoms with Crippen molar-refractivity contribution in [3.05, 3.63) is 35.8 Å². The molecule has 24 heavy (non-hydrogen) atoms. The molecule has 1 aromatic heterocycles. The highest BCUT2D eigenvalue weighted by Crippen LogP contribution is 2.29. The van der Waals surface area contributed by atoms with E-state index in [1.807, 2.05) is 17.2 Å². The third kappa shape index (κ3) is 2.81. The first-order chi connectivity index (χ1) is 11.7. The van der Waals surface area contributed by atoms with Gasteiger partial charge in [-0.3, -0.25) is 4.79 Å². The van der Waals surface area contributed by atoms with Crippen LogP contribution in [0.5, 0.6) is 0 Å². The molecule has 1 aromatic carbocycles. The van der Waals surface area contributed by atoms with Gasteiger partial charge in [0.05, 0.1) is 18.8 Å². The first kappa shape index (κ1) is 15.6. The molecule has 2 aliphatic rings. The Bertz CT molecular complexity index is 740. The Morgan fingerprint density at radius 1 is 1.33 bits per heavy atom. The van der Waals surface area contributed by atoms with E-state index >= 15 is 0 Å². The van der Waals surface area contributed by atoms with Gasteiger partial charge in [-0.2, -0.15) is 0 Å². The number of hydrogen-bond acceptors (Lipinski definition) is 2. The van der Waals surface area contributed by atoms with Gasteiger partial charge in [0.2, 0.25) is 5.91 Å². The predicted molar refractivity (Wildman–Crippen MR) is 90.3 cm³/mol. The van der Waals surface area contributed by atoms with E-state index in [1.165, 1.54) is 18.9 Å². The number of fused-ring (bicyclic) bond motifs is 2. The molecule has 1 saturated carbocycles. The Labute approximate surface area is 141 Å². The zero-order valence-electron chi connectivity index (χ0n) is 13.8. The largest absolute Gasteiger partial charge is 0.374 e. The average molecular weight is 330 g/mol. The molecule has 1 aliphatic carbocycles. The number of ether oxygens (including phenoxy) is 1. The Morgan fingerprint density at radius 3 is 3.12 bits per heavy atom. The topological polar surface area (TPSA) is 45.3 Å². The van der Waals surface area contributed by atoms with Crippen LogP contribution in [0.25, 0.3) is 10.9 Å². The number of rotatable bonds is 3. The number of nitrogens with one attached hydrogen (secondary N) is 1. The van der Waals surface area contributed by atoms with E-state index in [2.05, 4.69) is 4.98 Å². The van der Waals surface area contributed by atoms with Crippen molar-refractivity contribution in [2.24, 2.45) is 0 Å². The molecule has 2 aromatic rings. The molecular formula is C19H23FN2O2. The van der Waals surface area contributed by atoms with E-state index in [-0.39, 0.29) is 23.9 Å². The third-order valence-electron chi connectivity index (χ3n) is 5.40. The van der Waals surface area contributed by atoms with Crippen LogP contribution in [0.3, 0.4) is 0 Å². The fourth-order valence-electron chi connectivity index (χ4n) is 4.20. The fraction of sp³-hybridized carbons (Fsp3) is 0.526. The van der Waals surface area contributed by atoms with Crippen LogP contribution in [0, 0.1) is 5.82 Å². The van der Waals surface area contributed by atoms with Crippen LogP contribution < -0.4 is 0 Å². The maximum atomic E-state index is 14.0. The molecule has 0 bridgehead atoms. The number of aromatic nitrogens is 1. The SMILES string of the molecule is O=C(CCc1c[nH]c2cccc(F)c12)N1CCOC2CCCCC21. The van der Waals surface area contributed by atoms with E-state index in [0.29, 0.717) is 31.4 Å². The predicted octanol–water partition coefficient (Wildman–Crippen LogP) is 3.41. The van der Waals surface area contributed by atoms with Crippen LogP contribution in [0.1, 0.15) is 37.7 Å². The summed E-state index contributed by atoms with van der Waals surface area (Å²) in [6.45, 7) is 1.32. The van der Waals surface area contributed by atoms with Gasteiger partial charge < -0.3 is 14.6 Å². The van der Waals surface area contributed by atoms with Crippen LogP contribution in [0.2, 0.25) is 0 Å². The minimum atomic E-state index is -0.227. The summed E-state index contributed by atoms with van der Waals surface area (Å²) in [5.74, 6) is -0.0594. The average Bonchev–Trinajstić information content (AvgIpc) is 3.04. The molecule has 0 radical (unpaired) electrons. The Balaban J connectivity index is 1.46. The molecule has 4 rings (SSSR count).